The summed E-state index contributed by atoms with van der Waals surface area (Å²) in [5, 5.41) is 0.387. The number of benzene rings is 3. The third kappa shape index (κ3) is 7.75. The Labute approximate surface area is 306 Å². The van der Waals surface area contributed by atoms with Gasteiger partial charge in [-0.3, -0.25) is 4.79 Å². The Balaban J connectivity index is 1.53. The standard InChI is InChI=1S/C40H41F2N3O7S/c1-39(2)15-7-16-40(3,25-9-6-8-24(18-25)10-13-35(46)50-4)34-22-44-37(45-34)29-19-26(11-12-30(29)41)52-36-28(27-14-17-43-32(27)21-31(36)42)20-33(38(47)51-5)53(48,49)23-39/h6,8-9,11-12,14,17-22,43H,7,10,13,15-16,23H2,1-5H3,(H,44,45)/b33-20+. The van der Waals surface area contributed by atoms with Gasteiger partial charge in [0.25, 0.3) is 0 Å². The molecule has 0 fully saturated rings. The summed E-state index contributed by atoms with van der Waals surface area (Å²) in [5.41, 5.74) is 1.34. The number of ether oxygens (including phenoxy) is 3. The quantitative estimate of drug-likeness (QED) is 0.172. The van der Waals surface area contributed by atoms with E-state index in [9.17, 15) is 18.0 Å². The molecule has 0 spiro atoms. The molecular weight excluding hydrogens is 705 g/mol. The number of methoxy groups -OCH3 is 2. The number of hydrogen-bond donors (Lipinski definition) is 2. The highest BCUT2D eigenvalue weighted by molar-refractivity contribution is 7.96. The molecule has 2 N–H and O–H groups in total. The summed E-state index contributed by atoms with van der Waals surface area (Å²) >= 11 is 0. The number of carbonyl (C=O) groups excluding carboxylic acids is 2. The van der Waals surface area contributed by atoms with Crippen LogP contribution in [0.25, 0.3) is 28.4 Å². The molecule has 1 aliphatic rings. The minimum absolute atomic E-state index is 0.0140. The SMILES string of the molecule is COC(=O)CCc1cccc(C2(C)CCCC(C)(C)CS(=O)(=O)/C(C(=O)OC)=C/c3c(c(F)cc4[nH]ccc34)Oc3ccc(F)c(c3)-c3ncc2[nH]3)c1. The van der Waals surface area contributed by atoms with Crippen LogP contribution >= 0.6 is 0 Å². The molecular formula is C40H41F2N3O7S. The molecule has 1 aliphatic heterocycles. The summed E-state index contributed by atoms with van der Waals surface area (Å²) in [6, 6.07) is 14.5. The number of aromatic nitrogens is 3. The predicted molar refractivity (Wildman–Crippen MR) is 197 cm³/mol. The number of halogens is 2. The highest BCUT2D eigenvalue weighted by atomic mass is 32.2. The van der Waals surface area contributed by atoms with Gasteiger partial charge in [0.05, 0.1) is 25.5 Å². The predicted octanol–water partition coefficient (Wildman–Crippen LogP) is 8.18. The van der Waals surface area contributed by atoms with Crippen LogP contribution in [0.3, 0.4) is 0 Å². The second kappa shape index (κ2) is 14.6. The van der Waals surface area contributed by atoms with Gasteiger partial charge in [-0.15, -0.1) is 0 Å². The van der Waals surface area contributed by atoms with E-state index in [1.165, 1.54) is 31.4 Å². The second-order valence-electron chi connectivity index (χ2n) is 14.3. The molecule has 53 heavy (non-hydrogen) atoms. The summed E-state index contributed by atoms with van der Waals surface area (Å²) in [4.78, 5) is 35.3. The Hall–Kier alpha value is -5.30. The monoisotopic (exact) mass is 745 g/mol. The van der Waals surface area contributed by atoms with Gasteiger partial charge in [0, 0.05) is 52.5 Å². The van der Waals surface area contributed by atoms with E-state index in [0.29, 0.717) is 42.3 Å². The number of imidazole rings is 1. The lowest BCUT2D eigenvalue weighted by molar-refractivity contribution is -0.140. The maximum atomic E-state index is 15.9. The topological polar surface area (TPSA) is 140 Å². The van der Waals surface area contributed by atoms with E-state index in [0.717, 1.165) is 24.3 Å². The van der Waals surface area contributed by atoms with Crippen molar-refractivity contribution in [2.24, 2.45) is 5.41 Å². The number of aryl methyl sites for hydroxylation is 1. The Morgan fingerprint density at radius 1 is 0.981 bits per heavy atom. The maximum absolute atomic E-state index is 15.9. The van der Waals surface area contributed by atoms with Crippen LogP contribution in [-0.2, 0) is 40.7 Å². The van der Waals surface area contributed by atoms with E-state index < -0.39 is 48.9 Å². The summed E-state index contributed by atoms with van der Waals surface area (Å²) in [7, 11) is -1.90. The zero-order valence-electron chi connectivity index (χ0n) is 30.1. The Kier molecular flexibility index (Phi) is 10.3. The van der Waals surface area contributed by atoms with Crippen molar-refractivity contribution in [2.45, 2.75) is 58.3 Å². The summed E-state index contributed by atoms with van der Waals surface area (Å²) in [6.45, 7) is 5.65. The first kappa shape index (κ1) is 37.5. The molecule has 0 aliphatic carbocycles. The molecule has 1 atom stereocenters. The van der Waals surface area contributed by atoms with Gasteiger partial charge in [0.1, 0.15) is 17.4 Å². The number of aromatic amines is 2. The van der Waals surface area contributed by atoms with E-state index in [1.54, 1.807) is 18.5 Å². The van der Waals surface area contributed by atoms with E-state index >= 15 is 8.78 Å². The highest BCUT2D eigenvalue weighted by Gasteiger charge is 2.36. The zero-order valence-corrected chi connectivity index (χ0v) is 31.0. The fourth-order valence-electron chi connectivity index (χ4n) is 6.98. The number of H-pyrrole nitrogens is 2. The zero-order chi connectivity index (χ0) is 38.1. The van der Waals surface area contributed by atoms with Crippen LogP contribution in [0.4, 0.5) is 8.78 Å². The van der Waals surface area contributed by atoms with Crippen molar-refractivity contribution in [2.75, 3.05) is 20.0 Å². The highest BCUT2D eigenvalue weighted by Crippen LogP contribution is 2.42. The van der Waals surface area contributed by atoms with Crippen molar-refractivity contribution in [3.05, 3.63) is 106 Å². The molecule has 2 aromatic heterocycles. The maximum Gasteiger partial charge on any atom is 0.349 e. The average Bonchev–Trinajstić information content (AvgIpc) is 3.80. The normalized spacial score (nSPS) is 19.5. The van der Waals surface area contributed by atoms with Gasteiger partial charge in [-0.2, -0.15) is 0 Å². The Morgan fingerprint density at radius 2 is 1.77 bits per heavy atom. The first-order valence-electron chi connectivity index (χ1n) is 17.2. The molecule has 1 unspecified atom stereocenters. The molecule has 10 nitrogen and oxygen atoms in total. The van der Waals surface area contributed by atoms with Crippen LogP contribution in [0.15, 0.2) is 71.9 Å². The van der Waals surface area contributed by atoms with Crippen molar-refractivity contribution < 1.29 is 41.0 Å². The van der Waals surface area contributed by atoms with E-state index in [2.05, 4.69) is 15.0 Å². The van der Waals surface area contributed by atoms with Crippen LogP contribution in [0.2, 0.25) is 0 Å². The van der Waals surface area contributed by atoms with Gasteiger partial charge in [-0.05, 0) is 73.1 Å². The first-order chi connectivity index (χ1) is 25.1. The van der Waals surface area contributed by atoms with E-state index in [-0.39, 0.29) is 40.8 Å². The molecule has 4 bridgehead atoms. The molecule has 3 heterocycles. The van der Waals surface area contributed by atoms with Crippen molar-refractivity contribution in [3.8, 4) is 22.9 Å². The fourth-order valence-corrected chi connectivity index (χ4v) is 8.94. The smallest absolute Gasteiger partial charge is 0.349 e. The summed E-state index contributed by atoms with van der Waals surface area (Å²) in [5.74, 6) is -3.41. The molecule has 0 amide bonds. The molecule has 0 saturated carbocycles. The first-order valence-corrected chi connectivity index (χ1v) is 18.8. The van der Waals surface area contributed by atoms with Crippen LogP contribution in [-0.4, -0.2) is 55.3 Å². The van der Waals surface area contributed by atoms with Gasteiger partial charge in [-0.1, -0.05) is 44.5 Å². The molecule has 6 rings (SSSR count). The van der Waals surface area contributed by atoms with Gasteiger partial charge in [-0.25, -0.2) is 27.0 Å². The number of hydrogen-bond acceptors (Lipinski definition) is 8. The van der Waals surface area contributed by atoms with Crippen LogP contribution in [0, 0.1) is 17.0 Å². The van der Waals surface area contributed by atoms with Gasteiger partial charge in [0.15, 0.2) is 26.3 Å². The molecule has 13 heteroatoms. The number of carbonyl (C=O) groups is 2. The molecule has 3 aromatic carbocycles. The molecule has 278 valence electrons. The second-order valence-corrected chi connectivity index (χ2v) is 16.3. The number of esters is 2. The number of nitrogens with zero attached hydrogens (tertiary/aromatic N) is 1. The Bertz CT molecular complexity index is 2340. The van der Waals surface area contributed by atoms with Gasteiger partial charge in [0.2, 0.25) is 0 Å². The van der Waals surface area contributed by atoms with Crippen LogP contribution in [0.1, 0.15) is 68.8 Å². The molecule has 5 aromatic rings. The molecule has 0 radical (unpaired) electrons. The minimum atomic E-state index is -4.33. The summed E-state index contributed by atoms with van der Waals surface area (Å²) in [6.07, 6.45) is 6.47. The van der Waals surface area contributed by atoms with Crippen LogP contribution in [0.5, 0.6) is 11.5 Å². The Morgan fingerprint density at radius 3 is 2.53 bits per heavy atom. The third-order valence-electron chi connectivity index (χ3n) is 9.90. The largest absolute Gasteiger partial charge is 0.469 e. The van der Waals surface area contributed by atoms with Gasteiger partial charge >= 0.3 is 11.9 Å². The number of rotatable bonds is 5. The summed E-state index contributed by atoms with van der Waals surface area (Å²) < 4.78 is 75.6. The van der Waals surface area contributed by atoms with Crippen molar-refractivity contribution in [1.29, 1.82) is 0 Å². The lowest BCUT2D eigenvalue weighted by atomic mass is 9.74. The van der Waals surface area contributed by atoms with Crippen LogP contribution < -0.4 is 4.74 Å². The van der Waals surface area contributed by atoms with Crippen molar-refractivity contribution in [1.82, 2.24) is 15.0 Å². The van der Waals surface area contributed by atoms with Crippen molar-refractivity contribution >= 4 is 38.8 Å². The number of fused-ring (bicyclic) bond motifs is 8. The van der Waals surface area contributed by atoms with E-state index in [4.69, 9.17) is 14.2 Å². The number of nitrogens with one attached hydrogen (secondary N) is 2. The third-order valence-corrected chi connectivity index (χ3v) is 12.0. The number of sulfone groups is 1. The van der Waals surface area contributed by atoms with Crippen molar-refractivity contribution in [3.63, 3.8) is 0 Å². The lowest BCUT2D eigenvalue weighted by Gasteiger charge is -2.32. The van der Waals surface area contributed by atoms with E-state index in [1.807, 2.05) is 45.0 Å². The fraction of sp³-hybridized carbons (Fsp3) is 0.325. The average molecular weight is 746 g/mol. The van der Waals surface area contributed by atoms with Gasteiger partial charge < -0.3 is 24.2 Å². The minimum Gasteiger partial charge on any atom is -0.469 e. The lowest BCUT2D eigenvalue weighted by Crippen LogP contribution is -2.29. The molecule has 0 saturated heterocycles.